The number of carbonyl (C=O) groups is 1. The molecule has 0 aliphatic heterocycles. The average molecular weight is 226 g/mol. The molecule has 0 heterocycles. The number of carbonyl (C=O) groups excluding carboxylic acids is 1. The van der Waals surface area contributed by atoms with Crippen molar-refractivity contribution in [3.8, 4) is 0 Å². The Kier molecular flexibility index (Phi) is 4.63. The normalized spacial score (nSPS) is 12.4. The fraction of sp³-hybridized carbons (Fsp3) is 0.417. The van der Waals surface area contributed by atoms with Gasteiger partial charge >= 0.3 is 0 Å². The summed E-state index contributed by atoms with van der Waals surface area (Å²) in [7, 11) is 0. The zero-order valence-electron chi connectivity index (χ0n) is 8.87. The Morgan fingerprint density at radius 3 is 2.33 bits per heavy atom. The first-order chi connectivity index (χ1) is 7.13. The second-order valence-electron chi connectivity index (χ2n) is 3.64. The largest absolute Gasteiger partial charge is 0.368 e. The molecular weight excluding hydrogens is 210 g/mol. The van der Waals surface area contributed by atoms with Crippen LogP contribution in [0.4, 0.5) is 0 Å². The summed E-state index contributed by atoms with van der Waals surface area (Å²) in [6.45, 7) is 2.15. The lowest BCUT2D eigenvalue weighted by Crippen LogP contribution is -2.25. The van der Waals surface area contributed by atoms with Gasteiger partial charge in [0, 0.05) is 0 Å². The van der Waals surface area contributed by atoms with Crippen molar-refractivity contribution in [1.82, 2.24) is 0 Å². The number of nitrogens with two attached hydrogens (primary N) is 1. The molecule has 2 nitrogen and oxygen atoms in total. The second kappa shape index (κ2) is 5.76. The molecule has 0 aromatic heterocycles. The van der Waals surface area contributed by atoms with Crippen LogP contribution >= 0.6 is 11.6 Å². The van der Waals surface area contributed by atoms with E-state index in [9.17, 15) is 4.79 Å². The number of primary amides is 1. The molecule has 2 N–H and O–H groups in total. The molecular formula is C12H16ClNO. The summed E-state index contributed by atoms with van der Waals surface area (Å²) in [5.74, 6) is -0.464. The van der Waals surface area contributed by atoms with Gasteiger partial charge in [0.25, 0.3) is 0 Å². The summed E-state index contributed by atoms with van der Waals surface area (Å²) in [6.07, 6.45) is 2.72. The molecule has 0 aliphatic carbocycles. The standard InChI is InChI=1S/C12H16ClNO/c1-2-3-9-4-6-10(7-5-9)8-11(13)12(14)15/h4-7,11H,2-3,8H2,1H3,(H2,14,15). The van der Waals surface area contributed by atoms with Crippen LogP contribution in [0, 0.1) is 0 Å². The Morgan fingerprint density at radius 2 is 1.87 bits per heavy atom. The molecule has 15 heavy (non-hydrogen) atoms. The molecule has 0 spiro atoms. The van der Waals surface area contributed by atoms with E-state index in [-0.39, 0.29) is 0 Å². The molecule has 1 atom stereocenters. The monoisotopic (exact) mass is 225 g/mol. The first-order valence-electron chi connectivity index (χ1n) is 5.14. The van der Waals surface area contributed by atoms with Crippen LogP contribution in [0.25, 0.3) is 0 Å². The molecule has 82 valence electrons. The first-order valence-corrected chi connectivity index (χ1v) is 5.58. The van der Waals surface area contributed by atoms with Gasteiger partial charge in [0.2, 0.25) is 5.91 Å². The van der Waals surface area contributed by atoms with Gasteiger partial charge in [0.15, 0.2) is 0 Å². The van der Waals surface area contributed by atoms with E-state index in [1.54, 1.807) is 0 Å². The lowest BCUT2D eigenvalue weighted by molar-refractivity contribution is -0.117. The molecule has 1 amide bonds. The molecule has 0 saturated carbocycles. The van der Waals surface area contributed by atoms with Gasteiger partial charge in [-0.15, -0.1) is 11.6 Å². The van der Waals surface area contributed by atoms with Gasteiger partial charge in [-0.25, -0.2) is 0 Å². The summed E-state index contributed by atoms with van der Waals surface area (Å²) in [5, 5.41) is -0.609. The van der Waals surface area contributed by atoms with E-state index in [1.165, 1.54) is 5.56 Å². The van der Waals surface area contributed by atoms with E-state index >= 15 is 0 Å². The molecule has 1 aromatic rings. The second-order valence-corrected chi connectivity index (χ2v) is 4.17. The van der Waals surface area contributed by atoms with E-state index in [0.29, 0.717) is 6.42 Å². The zero-order chi connectivity index (χ0) is 11.3. The van der Waals surface area contributed by atoms with Crippen molar-refractivity contribution < 1.29 is 4.79 Å². The van der Waals surface area contributed by atoms with Gasteiger partial charge in [-0.1, -0.05) is 37.6 Å². The van der Waals surface area contributed by atoms with Crippen LogP contribution in [0.15, 0.2) is 24.3 Å². The fourth-order valence-electron chi connectivity index (χ4n) is 1.44. The van der Waals surface area contributed by atoms with Crippen molar-refractivity contribution in [3.05, 3.63) is 35.4 Å². The summed E-state index contributed by atoms with van der Waals surface area (Å²) < 4.78 is 0. The minimum atomic E-state index is -0.609. The maximum Gasteiger partial charge on any atom is 0.235 e. The van der Waals surface area contributed by atoms with Gasteiger partial charge in [-0.05, 0) is 24.0 Å². The quantitative estimate of drug-likeness (QED) is 0.768. The van der Waals surface area contributed by atoms with Crippen LogP contribution in [0.3, 0.4) is 0 Å². The van der Waals surface area contributed by atoms with E-state index < -0.39 is 11.3 Å². The third-order valence-corrected chi connectivity index (χ3v) is 2.65. The number of hydrogen-bond donors (Lipinski definition) is 1. The molecule has 1 rings (SSSR count). The number of halogens is 1. The fourth-order valence-corrected chi connectivity index (χ4v) is 1.62. The third-order valence-electron chi connectivity index (χ3n) is 2.29. The van der Waals surface area contributed by atoms with Gasteiger partial charge in [0.05, 0.1) is 0 Å². The van der Waals surface area contributed by atoms with Crippen molar-refractivity contribution in [3.63, 3.8) is 0 Å². The number of hydrogen-bond acceptors (Lipinski definition) is 1. The van der Waals surface area contributed by atoms with Crippen molar-refractivity contribution in [1.29, 1.82) is 0 Å². The SMILES string of the molecule is CCCc1ccc(CC(Cl)C(N)=O)cc1. The predicted octanol–water partition coefficient (Wildman–Crippen LogP) is 2.27. The van der Waals surface area contributed by atoms with Crippen LogP contribution in [0.1, 0.15) is 24.5 Å². The molecule has 3 heteroatoms. The number of alkyl halides is 1. The van der Waals surface area contributed by atoms with Gasteiger partial charge in [-0.3, -0.25) is 4.79 Å². The Morgan fingerprint density at radius 1 is 1.33 bits per heavy atom. The Hall–Kier alpha value is -1.02. The topological polar surface area (TPSA) is 43.1 Å². The zero-order valence-corrected chi connectivity index (χ0v) is 9.63. The maximum atomic E-state index is 10.8. The summed E-state index contributed by atoms with van der Waals surface area (Å²) >= 11 is 5.78. The molecule has 0 saturated heterocycles. The number of amides is 1. The molecule has 0 radical (unpaired) electrons. The smallest absolute Gasteiger partial charge is 0.235 e. The molecule has 0 bridgehead atoms. The van der Waals surface area contributed by atoms with Crippen LogP contribution in [-0.4, -0.2) is 11.3 Å². The Labute approximate surface area is 95.4 Å². The van der Waals surface area contributed by atoms with Crippen LogP contribution < -0.4 is 5.73 Å². The van der Waals surface area contributed by atoms with Crippen LogP contribution in [-0.2, 0) is 17.6 Å². The van der Waals surface area contributed by atoms with Crippen LogP contribution in [0.5, 0.6) is 0 Å². The lowest BCUT2D eigenvalue weighted by atomic mass is 10.0. The highest BCUT2D eigenvalue weighted by Gasteiger charge is 2.11. The first kappa shape index (κ1) is 12.1. The van der Waals surface area contributed by atoms with Crippen molar-refractivity contribution >= 4 is 17.5 Å². The minimum Gasteiger partial charge on any atom is -0.368 e. The van der Waals surface area contributed by atoms with Crippen molar-refractivity contribution in [2.75, 3.05) is 0 Å². The summed E-state index contributed by atoms with van der Waals surface area (Å²) in [5.41, 5.74) is 7.45. The Balaban J connectivity index is 2.60. The third kappa shape index (κ3) is 3.92. The lowest BCUT2D eigenvalue weighted by Gasteiger charge is -2.06. The Bertz CT molecular complexity index is 321. The maximum absolute atomic E-state index is 10.8. The highest BCUT2D eigenvalue weighted by Crippen LogP contribution is 2.11. The van der Waals surface area contributed by atoms with Gasteiger partial charge < -0.3 is 5.73 Å². The van der Waals surface area contributed by atoms with E-state index in [1.807, 2.05) is 12.1 Å². The van der Waals surface area contributed by atoms with E-state index in [4.69, 9.17) is 17.3 Å². The molecule has 1 aromatic carbocycles. The molecule has 0 fully saturated rings. The molecule has 0 aliphatic rings. The van der Waals surface area contributed by atoms with Gasteiger partial charge in [0.1, 0.15) is 5.38 Å². The average Bonchev–Trinajstić information content (AvgIpc) is 2.21. The minimum absolute atomic E-state index is 0.464. The summed E-state index contributed by atoms with van der Waals surface area (Å²) in [6, 6.07) is 8.15. The van der Waals surface area contributed by atoms with Gasteiger partial charge in [-0.2, -0.15) is 0 Å². The van der Waals surface area contributed by atoms with E-state index in [2.05, 4.69) is 19.1 Å². The van der Waals surface area contributed by atoms with E-state index in [0.717, 1.165) is 18.4 Å². The summed E-state index contributed by atoms with van der Waals surface area (Å²) in [4.78, 5) is 10.8. The predicted molar refractivity (Wildman–Crippen MR) is 63.0 cm³/mol. The number of aryl methyl sites for hydroxylation is 1. The number of rotatable bonds is 5. The number of benzene rings is 1. The van der Waals surface area contributed by atoms with Crippen molar-refractivity contribution in [2.24, 2.45) is 5.73 Å². The van der Waals surface area contributed by atoms with Crippen molar-refractivity contribution in [2.45, 2.75) is 31.6 Å². The highest BCUT2D eigenvalue weighted by atomic mass is 35.5. The van der Waals surface area contributed by atoms with Crippen LogP contribution in [0.2, 0.25) is 0 Å². The molecule has 1 unspecified atom stereocenters. The highest BCUT2D eigenvalue weighted by molar-refractivity contribution is 6.30.